The van der Waals surface area contributed by atoms with Crippen molar-refractivity contribution in [3.05, 3.63) is 0 Å². The highest BCUT2D eigenvalue weighted by Crippen LogP contribution is 1.98. The summed E-state index contributed by atoms with van der Waals surface area (Å²) in [4.78, 5) is 0. The van der Waals surface area contributed by atoms with Gasteiger partial charge in [-0.25, -0.2) is 0 Å². The molecule has 3 nitrogen and oxygen atoms in total. The van der Waals surface area contributed by atoms with E-state index in [-0.39, 0.29) is 25.1 Å². The minimum Gasteiger partial charge on any atom is -0.394 e. The number of aliphatic hydroxyl groups is 1. The fraction of sp³-hybridized carbons (Fsp3) is 1.00. The predicted octanol–water partition coefficient (Wildman–Crippen LogP) is -0.223. The van der Waals surface area contributed by atoms with Crippen LogP contribution in [0.25, 0.3) is 0 Å². The summed E-state index contributed by atoms with van der Waals surface area (Å²) in [7, 11) is 0. The van der Waals surface area contributed by atoms with Crippen molar-refractivity contribution in [1.29, 1.82) is 0 Å². The number of hydrogen-bond donors (Lipinski definition) is 2. The molecule has 0 radical (unpaired) electrons. The maximum Gasteiger partial charge on any atom is 0.0930 e. The smallest absolute Gasteiger partial charge is 0.0930 e. The number of morpholine rings is 1. The van der Waals surface area contributed by atoms with E-state index in [0.29, 0.717) is 12.6 Å². The van der Waals surface area contributed by atoms with Crippen molar-refractivity contribution in [2.24, 2.45) is 0 Å². The van der Waals surface area contributed by atoms with Gasteiger partial charge in [0, 0.05) is 12.6 Å². The molecule has 2 N–H and O–H groups in total. The van der Waals surface area contributed by atoms with E-state index in [2.05, 4.69) is 12.2 Å². The first-order chi connectivity index (χ1) is 4.33. The van der Waals surface area contributed by atoms with Crippen LogP contribution in [0.15, 0.2) is 0 Å². The molecule has 0 amide bonds. The molecule has 1 fully saturated rings. The minimum absolute atomic E-state index is 0. The van der Waals surface area contributed by atoms with Gasteiger partial charge in [-0.2, -0.15) is 0 Å². The summed E-state index contributed by atoms with van der Waals surface area (Å²) < 4.78 is 5.23. The molecule has 0 bridgehead atoms. The Balaban J connectivity index is 0.000000810. The van der Waals surface area contributed by atoms with E-state index < -0.39 is 0 Å². The topological polar surface area (TPSA) is 41.5 Å². The lowest BCUT2D eigenvalue weighted by molar-refractivity contribution is -0.0222. The van der Waals surface area contributed by atoms with Crippen molar-refractivity contribution in [2.45, 2.75) is 19.1 Å². The lowest BCUT2D eigenvalue weighted by Crippen LogP contribution is -2.46. The Morgan fingerprint density at radius 1 is 1.70 bits per heavy atom. The fourth-order valence-electron chi connectivity index (χ4n) is 0.848. The highest BCUT2D eigenvalue weighted by molar-refractivity contribution is 5.85. The van der Waals surface area contributed by atoms with Gasteiger partial charge in [0.1, 0.15) is 0 Å². The number of ether oxygens (including phenoxy) is 1. The van der Waals surface area contributed by atoms with Crippen molar-refractivity contribution < 1.29 is 9.84 Å². The molecular formula is C6H14ClNO2. The second-order valence-electron chi connectivity index (χ2n) is 2.45. The molecule has 1 aliphatic rings. The van der Waals surface area contributed by atoms with E-state index in [0.717, 1.165) is 6.54 Å². The van der Waals surface area contributed by atoms with Crippen molar-refractivity contribution in [3.63, 3.8) is 0 Å². The molecule has 0 aromatic rings. The lowest BCUT2D eigenvalue weighted by Gasteiger charge is -2.26. The van der Waals surface area contributed by atoms with Gasteiger partial charge >= 0.3 is 0 Å². The van der Waals surface area contributed by atoms with Crippen LogP contribution >= 0.6 is 12.4 Å². The molecule has 4 heteroatoms. The molecule has 1 heterocycles. The van der Waals surface area contributed by atoms with Crippen LogP contribution in [0.5, 0.6) is 0 Å². The first-order valence-electron chi connectivity index (χ1n) is 3.28. The molecule has 1 rings (SSSR count). The molecule has 0 saturated carbocycles. The highest BCUT2D eigenvalue weighted by Gasteiger charge is 2.15. The molecule has 10 heavy (non-hydrogen) atoms. The van der Waals surface area contributed by atoms with E-state index in [9.17, 15) is 0 Å². The quantitative estimate of drug-likeness (QED) is 0.568. The predicted molar refractivity (Wildman–Crippen MR) is 41.5 cm³/mol. The molecule has 1 saturated heterocycles. The number of nitrogens with one attached hydrogen (secondary N) is 1. The number of hydrogen-bond acceptors (Lipinski definition) is 3. The molecule has 1 aliphatic heterocycles. The number of aliphatic hydroxyl groups excluding tert-OH is 1. The summed E-state index contributed by atoms with van der Waals surface area (Å²) in [6.07, 6.45) is 0.0150. The van der Waals surface area contributed by atoms with Crippen LogP contribution in [0, 0.1) is 0 Å². The van der Waals surface area contributed by atoms with Crippen LogP contribution in [0.3, 0.4) is 0 Å². The number of rotatable bonds is 1. The second kappa shape index (κ2) is 4.91. The summed E-state index contributed by atoms with van der Waals surface area (Å²) in [5.74, 6) is 0. The first kappa shape index (κ1) is 10.2. The monoisotopic (exact) mass is 167 g/mol. The fourth-order valence-corrected chi connectivity index (χ4v) is 0.848. The molecule has 0 spiro atoms. The lowest BCUT2D eigenvalue weighted by atomic mass is 10.2. The molecule has 0 aliphatic carbocycles. The Labute approximate surface area is 67.2 Å². The molecular weight excluding hydrogens is 154 g/mol. The van der Waals surface area contributed by atoms with Gasteiger partial charge in [-0.15, -0.1) is 12.4 Å². The minimum atomic E-state index is 0. The summed E-state index contributed by atoms with van der Waals surface area (Å²) in [5, 5.41) is 11.8. The zero-order valence-corrected chi connectivity index (χ0v) is 6.86. The van der Waals surface area contributed by atoms with Crippen LogP contribution in [-0.2, 0) is 4.74 Å². The average molecular weight is 168 g/mol. The summed E-state index contributed by atoms with van der Waals surface area (Å²) in [6, 6.07) is 0.438. The van der Waals surface area contributed by atoms with E-state index >= 15 is 0 Å². The third-order valence-corrected chi connectivity index (χ3v) is 1.48. The second-order valence-corrected chi connectivity index (χ2v) is 2.45. The normalized spacial score (nSPS) is 33.0. The van der Waals surface area contributed by atoms with Crippen LogP contribution in [0.1, 0.15) is 6.92 Å². The summed E-state index contributed by atoms with van der Waals surface area (Å²) in [6.45, 7) is 3.68. The summed E-state index contributed by atoms with van der Waals surface area (Å²) in [5.41, 5.74) is 0. The Morgan fingerprint density at radius 2 is 2.40 bits per heavy atom. The van der Waals surface area contributed by atoms with Gasteiger partial charge in [0.2, 0.25) is 0 Å². The van der Waals surface area contributed by atoms with Gasteiger partial charge in [0.25, 0.3) is 0 Å². The first-order valence-corrected chi connectivity index (χ1v) is 3.28. The van der Waals surface area contributed by atoms with Crippen molar-refractivity contribution >= 4 is 12.4 Å². The van der Waals surface area contributed by atoms with Gasteiger partial charge in [-0.3, -0.25) is 0 Å². The van der Waals surface area contributed by atoms with Crippen molar-refractivity contribution in [1.82, 2.24) is 5.32 Å². The van der Waals surface area contributed by atoms with E-state index in [1.165, 1.54) is 0 Å². The van der Waals surface area contributed by atoms with Gasteiger partial charge < -0.3 is 15.2 Å². The molecule has 1 unspecified atom stereocenters. The molecule has 0 aromatic carbocycles. The SMILES string of the molecule is CC1CO[C@@H](CO)CN1.Cl. The van der Waals surface area contributed by atoms with Crippen LogP contribution in [0.2, 0.25) is 0 Å². The molecule has 2 atom stereocenters. The van der Waals surface area contributed by atoms with Crippen LogP contribution < -0.4 is 5.32 Å². The van der Waals surface area contributed by atoms with Gasteiger partial charge in [0.15, 0.2) is 0 Å². The van der Waals surface area contributed by atoms with Gasteiger partial charge in [0.05, 0.1) is 19.3 Å². The largest absolute Gasteiger partial charge is 0.394 e. The Kier molecular flexibility index (Phi) is 4.99. The van der Waals surface area contributed by atoms with Crippen LogP contribution in [0.4, 0.5) is 0 Å². The van der Waals surface area contributed by atoms with E-state index in [4.69, 9.17) is 9.84 Å². The third kappa shape index (κ3) is 2.84. The zero-order valence-electron chi connectivity index (χ0n) is 6.04. The van der Waals surface area contributed by atoms with Gasteiger partial charge in [-0.1, -0.05) is 0 Å². The Morgan fingerprint density at radius 3 is 2.80 bits per heavy atom. The summed E-state index contributed by atoms with van der Waals surface area (Å²) >= 11 is 0. The third-order valence-electron chi connectivity index (χ3n) is 1.48. The van der Waals surface area contributed by atoms with E-state index in [1.807, 2.05) is 0 Å². The maximum absolute atomic E-state index is 8.61. The maximum atomic E-state index is 8.61. The van der Waals surface area contributed by atoms with Crippen LogP contribution in [-0.4, -0.2) is 37.0 Å². The average Bonchev–Trinajstić information content (AvgIpc) is 1.90. The van der Waals surface area contributed by atoms with E-state index in [1.54, 1.807) is 0 Å². The molecule has 0 aromatic heterocycles. The number of halogens is 1. The van der Waals surface area contributed by atoms with Gasteiger partial charge in [-0.05, 0) is 6.92 Å². The van der Waals surface area contributed by atoms with Crippen molar-refractivity contribution in [3.8, 4) is 0 Å². The Bertz CT molecular complexity index is 83.8. The van der Waals surface area contributed by atoms with Crippen molar-refractivity contribution in [2.75, 3.05) is 19.8 Å². The molecule has 62 valence electrons. The standard InChI is InChI=1S/C6H13NO2.ClH/c1-5-4-9-6(3-8)2-7-5;/h5-8H,2-4H2,1H3;1H/t5?,6-;/m1./s1. The zero-order chi connectivity index (χ0) is 6.69. The Hall–Kier alpha value is 0.170. The highest BCUT2D eigenvalue weighted by atomic mass is 35.5.